The Morgan fingerprint density at radius 1 is 1.04 bits per heavy atom. The smallest absolute Gasteiger partial charge is 0.198 e. The first kappa shape index (κ1) is 16.1. The number of morpholine rings is 1. The zero-order valence-electron chi connectivity index (χ0n) is 14.1. The maximum Gasteiger partial charge on any atom is 0.198 e. The van der Waals surface area contributed by atoms with Crippen LogP contribution in [0.25, 0.3) is 22.5 Å². The summed E-state index contributed by atoms with van der Waals surface area (Å²) in [5.74, 6) is 2.15. The lowest BCUT2D eigenvalue weighted by atomic mass is 10.2. The predicted molar refractivity (Wildman–Crippen MR) is 97.6 cm³/mol. The molecule has 0 saturated carbocycles. The van der Waals surface area contributed by atoms with Crippen LogP contribution in [0.3, 0.4) is 0 Å². The number of hydrogen-bond donors (Lipinski definition) is 1. The van der Waals surface area contributed by atoms with E-state index in [4.69, 9.17) is 9.15 Å². The summed E-state index contributed by atoms with van der Waals surface area (Å²) in [6, 6.07) is 11.8. The van der Waals surface area contributed by atoms with E-state index in [1.165, 1.54) is 0 Å². The lowest BCUT2D eigenvalue weighted by Gasteiger charge is -2.26. The largest absolute Gasteiger partial charge is 0.461 e. The van der Waals surface area contributed by atoms with Gasteiger partial charge < -0.3 is 14.5 Å². The van der Waals surface area contributed by atoms with Gasteiger partial charge in [0.05, 0.1) is 25.0 Å². The zero-order valence-corrected chi connectivity index (χ0v) is 14.1. The molecule has 0 atom stereocenters. The number of benzene rings is 1. The second kappa shape index (κ2) is 7.63. The minimum atomic E-state index is 0.611. The first-order valence-electron chi connectivity index (χ1n) is 8.75. The van der Waals surface area contributed by atoms with Gasteiger partial charge in [0, 0.05) is 25.0 Å². The van der Waals surface area contributed by atoms with Gasteiger partial charge in [0.2, 0.25) is 0 Å². The van der Waals surface area contributed by atoms with Gasteiger partial charge >= 0.3 is 0 Å². The van der Waals surface area contributed by atoms with E-state index in [-0.39, 0.29) is 0 Å². The number of nitrogens with one attached hydrogen (secondary N) is 1. The SMILES string of the molecule is c1coc(-c2nc(NCCCN3CCOCC3)c3ccccc3n2)c1. The monoisotopic (exact) mass is 338 g/mol. The van der Waals surface area contributed by atoms with Crippen LogP contribution in [-0.2, 0) is 4.74 Å². The Bertz CT molecular complexity index is 813. The molecule has 0 amide bonds. The summed E-state index contributed by atoms with van der Waals surface area (Å²) < 4.78 is 10.8. The molecular weight excluding hydrogens is 316 g/mol. The highest BCUT2D eigenvalue weighted by Gasteiger charge is 2.12. The van der Waals surface area contributed by atoms with E-state index >= 15 is 0 Å². The van der Waals surface area contributed by atoms with Crippen molar-refractivity contribution in [2.45, 2.75) is 6.42 Å². The quantitative estimate of drug-likeness (QED) is 0.697. The van der Waals surface area contributed by atoms with Crippen molar-refractivity contribution >= 4 is 16.7 Å². The summed E-state index contributed by atoms with van der Waals surface area (Å²) in [6.45, 7) is 5.69. The van der Waals surface area contributed by atoms with E-state index in [1.54, 1.807) is 6.26 Å². The molecular formula is C19H22N4O2. The number of fused-ring (bicyclic) bond motifs is 1. The summed E-state index contributed by atoms with van der Waals surface area (Å²) in [6.07, 6.45) is 2.71. The van der Waals surface area contributed by atoms with Crippen LogP contribution in [0.2, 0.25) is 0 Å². The maximum absolute atomic E-state index is 5.46. The molecule has 25 heavy (non-hydrogen) atoms. The van der Waals surface area contributed by atoms with Crippen molar-refractivity contribution in [3.63, 3.8) is 0 Å². The van der Waals surface area contributed by atoms with Crippen LogP contribution in [0.4, 0.5) is 5.82 Å². The van der Waals surface area contributed by atoms with Gasteiger partial charge in [-0.15, -0.1) is 0 Å². The predicted octanol–water partition coefficient (Wildman–Crippen LogP) is 3.02. The van der Waals surface area contributed by atoms with Gasteiger partial charge in [-0.2, -0.15) is 0 Å². The number of furan rings is 1. The highest BCUT2D eigenvalue weighted by Crippen LogP contribution is 2.25. The summed E-state index contributed by atoms with van der Waals surface area (Å²) >= 11 is 0. The molecule has 0 spiro atoms. The minimum Gasteiger partial charge on any atom is -0.461 e. The highest BCUT2D eigenvalue weighted by molar-refractivity contribution is 5.90. The lowest BCUT2D eigenvalue weighted by molar-refractivity contribution is 0.0378. The fraction of sp³-hybridized carbons (Fsp3) is 0.368. The molecule has 4 rings (SSSR count). The van der Waals surface area contributed by atoms with Gasteiger partial charge in [-0.05, 0) is 37.2 Å². The van der Waals surface area contributed by atoms with Gasteiger partial charge in [-0.3, -0.25) is 4.90 Å². The van der Waals surface area contributed by atoms with Gasteiger partial charge in [0.1, 0.15) is 5.82 Å². The van der Waals surface area contributed by atoms with Crippen LogP contribution in [-0.4, -0.2) is 54.3 Å². The van der Waals surface area contributed by atoms with Crippen molar-refractivity contribution in [3.05, 3.63) is 42.7 Å². The molecule has 130 valence electrons. The number of hydrogen-bond acceptors (Lipinski definition) is 6. The summed E-state index contributed by atoms with van der Waals surface area (Å²) in [5, 5.41) is 4.51. The van der Waals surface area contributed by atoms with E-state index in [0.29, 0.717) is 11.6 Å². The Morgan fingerprint density at radius 2 is 1.92 bits per heavy atom. The van der Waals surface area contributed by atoms with E-state index in [2.05, 4.69) is 20.2 Å². The standard InChI is InChI=1S/C19H22N4O2/c1-2-6-16-15(5-1)18(22-19(21-16)17-7-3-12-25-17)20-8-4-9-23-10-13-24-14-11-23/h1-3,5-7,12H,4,8-11,13-14H2,(H,20,21,22). The Balaban J connectivity index is 1.47. The fourth-order valence-corrected chi connectivity index (χ4v) is 3.06. The molecule has 3 heterocycles. The van der Waals surface area contributed by atoms with Gasteiger partial charge in [-0.1, -0.05) is 12.1 Å². The number of anilines is 1. The molecule has 0 unspecified atom stereocenters. The molecule has 6 heteroatoms. The second-order valence-corrected chi connectivity index (χ2v) is 6.12. The summed E-state index contributed by atoms with van der Waals surface area (Å²) in [5.41, 5.74) is 0.916. The van der Waals surface area contributed by atoms with E-state index < -0.39 is 0 Å². The maximum atomic E-state index is 5.46. The van der Waals surface area contributed by atoms with Crippen molar-refractivity contribution in [2.75, 3.05) is 44.7 Å². The molecule has 1 fully saturated rings. The zero-order chi connectivity index (χ0) is 16.9. The van der Waals surface area contributed by atoms with Gasteiger partial charge in [-0.25, -0.2) is 9.97 Å². The summed E-state index contributed by atoms with van der Waals surface area (Å²) in [7, 11) is 0. The number of para-hydroxylation sites is 1. The van der Waals surface area contributed by atoms with Gasteiger partial charge in [0.25, 0.3) is 0 Å². The van der Waals surface area contributed by atoms with Crippen molar-refractivity contribution in [1.82, 2.24) is 14.9 Å². The molecule has 1 aliphatic rings. The third-order valence-corrected chi connectivity index (χ3v) is 4.39. The van der Waals surface area contributed by atoms with Gasteiger partial charge in [0.15, 0.2) is 11.6 Å². The number of rotatable bonds is 6. The van der Waals surface area contributed by atoms with Crippen LogP contribution in [0.5, 0.6) is 0 Å². The molecule has 3 aromatic rings. The van der Waals surface area contributed by atoms with Crippen LogP contribution in [0.15, 0.2) is 47.1 Å². The molecule has 6 nitrogen and oxygen atoms in total. The minimum absolute atomic E-state index is 0.611. The highest BCUT2D eigenvalue weighted by atomic mass is 16.5. The topological polar surface area (TPSA) is 63.4 Å². The van der Waals surface area contributed by atoms with Crippen molar-refractivity contribution in [2.24, 2.45) is 0 Å². The molecule has 1 aliphatic heterocycles. The second-order valence-electron chi connectivity index (χ2n) is 6.12. The molecule has 1 saturated heterocycles. The van der Waals surface area contributed by atoms with Crippen molar-refractivity contribution < 1.29 is 9.15 Å². The molecule has 1 N–H and O–H groups in total. The van der Waals surface area contributed by atoms with Crippen molar-refractivity contribution in [1.29, 1.82) is 0 Å². The Kier molecular flexibility index (Phi) is 4.90. The van der Waals surface area contributed by atoms with E-state index in [0.717, 1.165) is 62.5 Å². The third kappa shape index (κ3) is 3.81. The molecule has 0 radical (unpaired) electrons. The fourth-order valence-electron chi connectivity index (χ4n) is 3.06. The van der Waals surface area contributed by atoms with Crippen LogP contribution in [0, 0.1) is 0 Å². The Labute approximate surface area is 146 Å². The van der Waals surface area contributed by atoms with E-state index in [9.17, 15) is 0 Å². The molecule has 0 aliphatic carbocycles. The van der Waals surface area contributed by atoms with Crippen LogP contribution in [0.1, 0.15) is 6.42 Å². The third-order valence-electron chi connectivity index (χ3n) is 4.39. The first-order chi connectivity index (χ1) is 12.4. The molecule has 1 aromatic carbocycles. The van der Waals surface area contributed by atoms with E-state index in [1.807, 2.05) is 36.4 Å². The Morgan fingerprint density at radius 3 is 2.76 bits per heavy atom. The Hall–Kier alpha value is -2.44. The van der Waals surface area contributed by atoms with Crippen LogP contribution < -0.4 is 5.32 Å². The first-order valence-corrected chi connectivity index (χ1v) is 8.75. The van der Waals surface area contributed by atoms with Crippen molar-refractivity contribution in [3.8, 4) is 11.6 Å². The average molecular weight is 338 g/mol. The number of nitrogens with zero attached hydrogens (tertiary/aromatic N) is 3. The average Bonchev–Trinajstić information content (AvgIpc) is 3.20. The summed E-state index contributed by atoms with van der Waals surface area (Å²) in [4.78, 5) is 11.7. The van der Waals surface area contributed by atoms with Crippen LogP contribution >= 0.6 is 0 Å². The number of aromatic nitrogens is 2. The molecule has 2 aromatic heterocycles. The number of ether oxygens (including phenoxy) is 1. The molecule has 0 bridgehead atoms. The lowest BCUT2D eigenvalue weighted by Crippen LogP contribution is -2.37. The normalized spacial score (nSPS) is 15.5.